The zero-order chi connectivity index (χ0) is 11.5. The summed E-state index contributed by atoms with van der Waals surface area (Å²) in [5, 5.41) is 3.12. The van der Waals surface area contributed by atoms with Gasteiger partial charge in [-0.1, -0.05) is 0 Å². The summed E-state index contributed by atoms with van der Waals surface area (Å²) < 4.78 is 35.5. The van der Waals surface area contributed by atoms with E-state index in [1.54, 1.807) is 0 Å². The summed E-state index contributed by atoms with van der Waals surface area (Å²) in [5.41, 5.74) is -4.32. The molecule has 1 unspecified atom stereocenters. The number of halogens is 4. The molecule has 16 heavy (non-hydrogen) atoms. The Hall–Kier alpha value is -0.140. The Morgan fingerprint density at radius 2 is 2.19 bits per heavy atom. The van der Waals surface area contributed by atoms with Crippen molar-refractivity contribution in [2.24, 2.45) is 0 Å². The molecule has 1 N–H and O–H groups in total. The molecule has 0 aromatic heterocycles. The monoisotopic (exact) mass is 278 g/mol. The summed E-state index contributed by atoms with van der Waals surface area (Å²) in [5.74, 6) is -0.957. The molecule has 0 aromatic carbocycles. The Kier molecular flexibility index (Phi) is 6.50. The summed E-state index contributed by atoms with van der Waals surface area (Å²) in [7, 11) is 0. The van der Waals surface area contributed by atoms with E-state index in [0.29, 0.717) is 19.6 Å². The van der Waals surface area contributed by atoms with Gasteiger partial charge in [0.15, 0.2) is 0 Å². The highest BCUT2D eigenvalue weighted by atomic mass is 35.5. The first-order chi connectivity index (χ1) is 6.88. The van der Waals surface area contributed by atoms with Crippen LogP contribution in [-0.2, 0) is 4.79 Å². The number of carbonyl (C=O) groups excluding carboxylic acids is 1. The van der Waals surface area contributed by atoms with Gasteiger partial charge in [0.2, 0.25) is 5.91 Å². The summed E-state index contributed by atoms with van der Waals surface area (Å²) in [6, 6.07) is 0.151. The number of hydrogen-bond donors (Lipinski definition) is 1. The van der Waals surface area contributed by atoms with Crippen LogP contribution in [-0.4, -0.2) is 47.7 Å². The van der Waals surface area contributed by atoms with Crippen LogP contribution in [0.25, 0.3) is 0 Å². The van der Waals surface area contributed by atoms with Gasteiger partial charge in [-0.2, -0.15) is 13.2 Å². The molecule has 0 aromatic rings. The van der Waals surface area contributed by atoms with E-state index in [9.17, 15) is 18.0 Å². The van der Waals surface area contributed by atoms with E-state index in [1.165, 1.54) is 4.90 Å². The molecule has 1 fully saturated rings. The van der Waals surface area contributed by atoms with Crippen LogP contribution >= 0.6 is 24.2 Å². The largest absolute Gasteiger partial charge is 0.442 e. The predicted octanol–water partition coefficient (Wildman–Crippen LogP) is 1.48. The van der Waals surface area contributed by atoms with E-state index in [2.05, 4.69) is 5.32 Å². The van der Waals surface area contributed by atoms with Crippen LogP contribution in [0.3, 0.4) is 0 Å². The fourth-order valence-corrected chi connectivity index (χ4v) is 1.86. The molecule has 1 aliphatic rings. The van der Waals surface area contributed by atoms with Crippen LogP contribution < -0.4 is 5.32 Å². The smallest absolute Gasteiger partial charge is 0.339 e. The summed E-state index contributed by atoms with van der Waals surface area (Å²) in [6.45, 7) is 3.51. The fraction of sp³-hybridized carbons (Fsp3) is 0.875. The molecule has 0 bridgehead atoms. The topological polar surface area (TPSA) is 32.3 Å². The summed E-state index contributed by atoms with van der Waals surface area (Å²) in [6.07, 6.45) is 0. The van der Waals surface area contributed by atoms with Crippen molar-refractivity contribution < 1.29 is 18.0 Å². The van der Waals surface area contributed by atoms with Crippen LogP contribution in [0.5, 0.6) is 0 Å². The lowest BCUT2D eigenvalue weighted by Crippen LogP contribution is -2.51. The maximum atomic E-state index is 11.8. The van der Waals surface area contributed by atoms with Gasteiger partial charge in [-0.15, -0.1) is 12.4 Å². The van der Waals surface area contributed by atoms with Crippen LogP contribution in [0, 0.1) is 0 Å². The average Bonchev–Trinajstić information content (AvgIpc) is 2.13. The van der Waals surface area contributed by atoms with Crippen LogP contribution in [0.4, 0.5) is 13.2 Å². The third kappa shape index (κ3) is 5.81. The fourth-order valence-electron chi connectivity index (χ4n) is 1.39. The Labute approximate surface area is 103 Å². The second-order valence-corrected chi connectivity index (χ2v) is 4.47. The van der Waals surface area contributed by atoms with E-state index >= 15 is 0 Å². The highest BCUT2D eigenvalue weighted by molar-refractivity contribution is 8.00. The third-order valence-corrected chi connectivity index (χ3v) is 2.80. The summed E-state index contributed by atoms with van der Waals surface area (Å²) in [4.78, 5) is 12.8. The van der Waals surface area contributed by atoms with E-state index in [0.717, 1.165) is 0 Å². The number of nitrogens with one attached hydrogen (secondary N) is 1. The van der Waals surface area contributed by atoms with Crippen molar-refractivity contribution in [3.05, 3.63) is 0 Å². The number of carbonyl (C=O) groups is 1. The minimum absolute atomic E-state index is 0. The normalized spacial score (nSPS) is 21.5. The lowest BCUT2D eigenvalue weighted by molar-refractivity contribution is -0.129. The van der Waals surface area contributed by atoms with Crippen molar-refractivity contribution in [3.63, 3.8) is 0 Å². The lowest BCUT2D eigenvalue weighted by atomic mass is 10.2. The summed E-state index contributed by atoms with van der Waals surface area (Å²) >= 11 is -0.275. The van der Waals surface area contributed by atoms with Crippen molar-refractivity contribution in [1.82, 2.24) is 10.2 Å². The molecule has 3 nitrogen and oxygen atoms in total. The lowest BCUT2D eigenvalue weighted by Gasteiger charge is -2.31. The first-order valence-electron chi connectivity index (χ1n) is 4.60. The van der Waals surface area contributed by atoms with Crippen molar-refractivity contribution >= 4 is 30.1 Å². The molecule has 1 saturated heterocycles. The van der Waals surface area contributed by atoms with Crippen molar-refractivity contribution in [1.29, 1.82) is 0 Å². The molecule has 0 radical (unpaired) electrons. The molecule has 1 rings (SSSR count). The van der Waals surface area contributed by atoms with Gasteiger partial charge in [-0.25, -0.2) is 0 Å². The van der Waals surface area contributed by atoms with Gasteiger partial charge in [-0.3, -0.25) is 4.79 Å². The Balaban J connectivity index is 0.00000225. The van der Waals surface area contributed by atoms with E-state index < -0.39 is 17.2 Å². The number of thioether (sulfide) groups is 1. The van der Waals surface area contributed by atoms with Crippen LogP contribution in [0.1, 0.15) is 6.92 Å². The van der Waals surface area contributed by atoms with E-state index in [-0.39, 0.29) is 30.2 Å². The Bertz CT molecular complexity index is 240. The number of amides is 1. The Morgan fingerprint density at radius 1 is 1.56 bits per heavy atom. The minimum Gasteiger partial charge on any atom is -0.339 e. The molecule has 1 heterocycles. The quantitative estimate of drug-likeness (QED) is 0.830. The van der Waals surface area contributed by atoms with E-state index in [4.69, 9.17) is 0 Å². The third-order valence-electron chi connectivity index (χ3n) is 2.08. The number of rotatable bonds is 2. The second-order valence-electron chi connectivity index (χ2n) is 3.43. The van der Waals surface area contributed by atoms with Crippen LogP contribution in [0.15, 0.2) is 0 Å². The zero-order valence-corrected chi connectivity index (χ0v) is 10.3. The standard InChI is InChI=1S/C8H13F3N2OS.ClH/c1-6-4-13(3-2-12-6)7(14)5-15-8(9,10)11;/h6,12H,2-5H2,1H3;1H. The van der Waals surface area contributed by atoms with Gasteiger partial charge >= 0.3 is 5.51 Å². The second kappa shape index (κ2) is 6.56. The van der Waals surface area contributed by atoms with Crippen molar-refractivity contribution in [2.45, 2.75) is 18.5 Å². The molecular weight excluding hydrogens is 265 g/mol. The van der Waals surface area contributed by atoms with Crippen LogP contribution in [0.2, 0.25) is 0 Å². The molecule has 0 spiro atoms. The Morgan fingerprint density at radius 3 is 2.69 bits per heavy atom. The average molecular weight is 279 g/mol. The van der Waals surface area contributed by atoms with Gasteiger partial charge in [-0.05, 0) is 18.7 Å². The van der Waals surface area contributed by atoms with E-state index in [1.807, 2.05) is 6.92 Å². The van der Waals surface area contributed by atoms with Gasteiger partial charge in [0.25, 0.3) is 0 Å². The molecule has 96 valence electrons. The molecule has 1 aliphatic heterocycles. The minimum atomic E-state index is -4.32. The first-order valence-corrected chi connectivity index (χ1v) is 5.59. The van der Waals surface area contributed by atoms with Gasteiger partial charge < -0.3 is 10.2 Å². The molecule has 8 heteroatoms. The molecule has 1 atom stereocenters. The van der Waals surface area contributed by atoms with Crippen molar-refractivity contribution in [3.8, 4) is 0 Å². The highest BCUT2D eigenvalue weighted by Gasteiger charge is 2.31. The number of hydrogen-bond acceptors (Lipinski definition) is 3. The maximum absolute atomic E-state index is 11.8. The van der Waals surface area contributed by atoms with Gasteiger partial charge in [0.05, 0.1) is 5.75 Å². The number of nitrogens with zero attached hydrogens (tertiary/aromatic N) is 1. The molecule has 0 saturated carbocycles. The zero-order valence-electron chi connectivity index (χ0n) is 8.71. The molecule has 0 aliphatic carbocycles. The number of alkyl halides is 3. The van der Waals surface area contributed by atoms with Gasteiger partial charge in [0.1, 0.15) is 0 Å². The maximum Gasteiger partial charge on any atom is 0.442 e. The number of piperazine rings is 1. The molecule has 1 amide bonds. The first kappa shape index (κ1) is 15.9. The van der Waals surface area contributed by atoms with Crippen molar-refractivity contribution in [2.75, 3.05) is 25.4 Å². The highest BCUT2D eigenvalue weighted by Crippen LogP contribution is 2.30. The van der Waals surface area contributed by atoms with Gasteiger partial charge in [0, 0.05) is 25.7 Å². The predicted molar refractivity (Wildman–Crippen MR) is 59.8 cm³/mol. The molecular formula is C8H14ClF3N2OS. The SMILES string of the molecule is CC1CN(C(=O)CSC(F)(F)F)CCN1.Cl.